The first-order valence-electron chi connectivity index (χ1n) is 9.78. The summed E-state index contributed by atoms with van der Waals surface area (Å²) in [6.07, 6.45) is 0.227. The second-order valence-electron chi connectivity index (χ2n) is 7.04. The zero-order chi connectivity index (χ0) is 22.7. The standard InChI is InChI=1S/C22H17FN4O4S/c23-14-7-5-13(6-8-14)17(28)9-10-18(29)24-22-26-25-19(32-22)11-12-27-20(30)15-3-1-2-4-16(15)21(27)31/h1-8H,9-12H2,(H,24,26,29). The Morgan fingerprint density at radius 3 is 2.25 bits per heavy atom. The van der Waals surface area contributed by atoms with Crippen molar-refractivity contribution in [1.29, 1.82) is 0 Å². The number of Topliss-reactive ketones (excluding diaryl/α,β-unsaturated/α-hetero) is 1. The molecule has 3 amide bonds. The molecular formula is C22H17FN4O4S. The Bertz CT molecular complexity index is 1170. The number of hydrogen-bond donors (Lipinski definition) is 1. The van der Waals surface area contributed by atoms with E-state index in [1.54, 1.807) is 24.3 Å². The van der Waals surface area contributed by atoms with E-state index in [-0.39, 0.29) is 42.1 Å². The Balaban J connectivity index is 1.26. The molecule has 0 aliphatic carbocycles. The normalized spacial score (nSPS) is 12.7. The average Bonchev–Trinajstić information content (AvgIpc) is 3.33. The number of halogens is 1. The summed E-state index contributed by atoms with van der Waals surface area (Å²) in [7, 11) is 0. The predicted octanol–water partition coefficient (Wildman–Crippen LogP) is 3.12. The van der Waals surface area contributed by atoms with E-state index in [0.717, 1.165) is 11.3 Å². The molecule has 0 bridgehead atoms. The van der Waals surface area contributed by atoms with Crippen LogP contribution in [0.2, 0.25) is 0 Å². The maximum atomic E-state index is 12.9. The number of nitrogens with one attached hydrogen (secondary N) is 1. The highest BCUT2D eigenvalue weighted by atomic mass is 32.1. The molecule has 1 aliphatic rings. The van der Waals surface area contributed by atoms with Crippen LogP contribution in [0.5, 0.6) is 0 Å². The number of hydrogen-bond acceptors (Lipinski definition) is 7. The second-order valence-corrected chi connectivity index (χ2v) is 8.10. The SMILES string of the molecule is O=C(CCC(=O)c1ccc(F)cc1)Nc1nnc(CCN2C(=O)c3ccccc3C2=O)s1. The maximum Gasteiger partial charge on any atom is 0.261 e. The van der Waals surface area contributed by atoms with E-state index in [4.69, 9.17) is 0 Å². The number of anilines is 1. The largest absolute Gasteiger partial charge is 0.301 e. The molecule has 32 heavy (non-hydrogen) atoms. The predicted molar refractivity (Wildman–Crippen MR) is 114 cm³/mol. The molecule has 1 aromatic heterocycles. The van der Waals surface area contributed by atoms with Crippen molar-refractivity contribution in [3.63, 3.8) is 0 Å². The van der Waals surface area contributed by atoms with Gasteiger partial charge in [0.2, 0.25) is 11.0 Å². The van der Waals surface area contributed by atoms with Crippen molar-refractivity contribution >= 4 is 40.0 Å². The summed E-state index contributed by atoms with van der Waals surface area (Å²) < 4.78 is 12.9. The van der Waals surface area contributed by atoms with E-state index >= 15 is 0 Å². The molecule has 0 saturated heterocycles. The molecule has 2 aromatic carbocycles. The van der Waals surface area contributed by atoms with Gasteiger partial charge in [-0.05, 0) is 36.4 Å². The van der Waals surface area contributed by atoms with Crippen LogP contribution in [0.15, 0.2) is 48.5 Å². The van der Waals surface area contributed by atoms with Crippen LogP contribution in [0.1, 0.15) is 48.9 Å². The van der Waals surface area contributed by atoms with Crippen LogP contribution in [-0.2, 0) is 11.2 Å². The molecule has 162 valence electrons. The van der Waals surface area contributed by atoms with E-state index in [0.29, 0.717) is 28.1 Å². The summed E-state index contributed by atoms with van der Waals surface area (Å²) in [6, 6.07) is 11.8. The molecule has 0 atom stereocenters. The molecule has 0 spiro atoms. The number of imide groups is 1. The Hall–Kier alpha value is -3.79. The minimum Gasteiger partial charge on any atom is -0.301 e. The highest BCUT2D eigenvalue weighted by Crippen LogP contribution is 2.23. The monoisotopic (exact) mass is 452 g/mol. The summed E-state index contributed by atoms with van der Waals surface area (Å²) in [5, 5.41) is 11.3. The third kappa shape index (κ3) is 4.59. The van der Waals surface area contributed by atoms with Gasteiger partial charge in [-0.15, -0.1) is 10.2 Å². The first kappa shape index (κ1) is 21.4. The molecule has 2 heterocycles. The minimum absolute atomic E-state index is 0.0249. The number of rotatable bonds is 8. The Morgan fingerprint density at radius 2 is 1.59 bits per heavy atom. The second kappa shape index (κ2) is 9.15. The average molecular weight is 452 g/mol. The maximum absolute atomic E-state index is 12.9. The minimum atomic E-state index is -0.436. The number of carbonyl (C=O) groups excluding carboxylic acids is 4. The van der Waals surface area contributed by atoms with Crippen molar-refractivity contribution in [2.24, 2.45) is 0 Å². The van der Waals surface area contributed by atoms with Crippen molar-refractivity contribution < 1.29 is 23.6 Å². The van der Waals surface area contributed by atoms with E-state index in [9.17, 15) is 23.6 Å². The third-order valence-electron chi connectivity index (χ3n) is 4.89. The first-order valence-corrected chi connectivity index (χ1v) is 10.6. The Labute approximate surface area is 186 Å². The van der Waals surface area contributed by atoms with Crippen LogP contribution in [0, 0.1) is 5.82 Å². The van der Waals surface area contributed by atoms with E-state index in [1.165, 1.54) is 29.2 Å². The zero-order valence-electron chi connectivity index (χ0n) is 16.7. The molecule has 0 fully saturated rings. The Morgan fingerprint density at radius 1 is 0.938 bits per heavy atom. The van der Waals surface area contributed by atoms with Gasteiger partial charge in [-0.25, -0.2) is 4.39 Å². The van der Waals surface area contributed by atoms with Crippen molar-refractivity contribution in [2.75, 3.05) is 11.9 Å². The number of nitrogens with zero attached hydrogens (tertiary/aromatic N) is 3. The highest BCUT2D eigenvalue weighted by Gasteiger charge is 2.34. The molecule has 0 radical (unpaired) electrons. The van der Waals surface area contributed by atoms with Gasteiger partial charge in [-0.2, -0.15) is 0 Å². The number of fused-ring (bicyclic) bond motifs is 1. The molecule has 10 heteroatoms. The van der Waals surface area contributed by atoms with Gasteiger partial charge in [0, 0.05) is 31.4 Å². The van der Waals surface area contributed by atoms with Gasteiger partial charge in [0.15, 0.2) is 5.78 Å². The number of benzene rings is 2. The summed E-state index contributed by atoms with van der Waals surface area (Å²) in [6.45, 7) is 0.154. The molecule has 1 aliphatic heterocycles. The summed E-state index contributed by atoms with van der Waals surface area (Å²) in [5.74, 6) is -1.78. The third-order valence-corrected chi connectivity index (χ3v) is 5.78. The highest BCUT2D eigenvalue weighted by molar-refractivity contribution is 7.15. The van der Waals surface area contributed by atoms with Crippen LogP contribution in [-0.4, -0.2) is 45.1 Å². The van der Waals surface area contributed by atoms with Crippen LogP contribution >= 0.6 is 11.3 Å². The smallest absolute Gasteiger partial charge is 0.261 e. The fraction of sp³-hybridized carbons (Fsp3) is 0.182. The van der Waals surface area contributed by atoms with Crippen molar-refractivity contribution in [3.05, 3.63) is 76.0 Å². The van der Waals surface area contributed by atoms with Crippen molar-refractivity contribution in [1.82, 2.24) is 15.1 Å². The van der Waals surface area contributed by atoms with Gasteiger partial charge >= 0.3 is 0 Å². The van der Waals surface area contributed by atoms with Crippen LogP contribution in [0.3, 0.4) is 0 Å². The van der Waals surface area contributed by atoms with Gasteiger partial charge in [0.1, 0.15) is 10.8 Å². The number of ketones is 1. The molecule has 0 saturated carbocycles. The molecular weight excluding hydrogens is 435 g/mol. The lowest BCUT2D eigenvalue weighted by Gasteiger charge is -2.12. The molecule has 8 nitrogen and oxygen atoms in total. The van der Waals surface area contributed by atoms with Gasteiger partial charge in [0.05, 0.1) is 11.1 Å². The quantitative estimate of drug-likeness (QED) is 0.415. The molecule has 3 aromatic rings. The van der Waals surface area contributed by atoms with Crippen molar-refractivity contribution in [2.45, 2.75) is 19.3 Å². The molecule has 0 unspecified atom stereocenters. The lowest BCUT2D eigenvalue weighted by Crippen LogP contribution is -2.31. The fourth-order valence-corrected chi connectivity index (χ4v) is 3.99. The van der Waals surface area contributed by atoms with E-state index < -0.39 is 11.7 Å². The topological polar surface area (TPSA) is 109 Å². The summed E-state index contributed by atoms with van der Waals surface area (Å²) in [4.78, 5) is 50.1. The summed E-state index contributed by atoms with van der Waals surface area (Å²) >= 11 is 1.13. The van der Waals surface area contributed by atoms with Crippen LogP contribution in [0.4, 0.5) is 9.52 Å². The van der Waals surface area contributed by atoms with E-state index in [2.05, 4.69) is 15.5 Å². The van der Waals surface area contributed by atoms with Crippen LogP contribution < -0.4 is 5.32 Å². The molecule has 4 rings (SSSR count). The van der Waals surface area contributed by atoms with Gasteiger partial charge < -0.3 is 5.32 Å². The Kier molecular flexibility index (Phi) is 6.13. The van der Waals surface area contributed by atoms with Crippen molar-refractivity contribution in [3.8, 4) is 0 Å². The first-order chi connectivity index (χ1) is 15.4. The molecule has 1 N–H and O–H groups in total. The number of amides is 3. The van der Waals surface area contributed by atoms with E-state index in [1.807, 2.05) is 0 Å². The zero-order valence-corrected chi connectivity index (χ0v) is 17.5. The van der Waals surface area contributed by atoms with Gasteiger partial charge in [-0.3, -0.25) is 24.1 Å². The van der Waals surface area contributed by atoms with Crippen LogP contribution in [0.25, 0.3) is 0 Å². The summed E-state index contributed by atoms with van der Waals surface area (Å²) in [5.41, 5.74) is 1.11. The lowest BCUT2D eigenvalue weighted by atomic mass is 10.1. The van der Waals surface area contributed by atoms with Gasteiger partial charge in [0.25, 0.3) is 11.8 Å². The number of aromatic nitrogens is 2. The van der Waals surface area contributed by atoms with Gasteiger partial charge in [-0.1, -0.05) is 23.5 Å². The lowest BCUT2D eigenvalue weighted by molar-refractivity contribution is -0.116. The fourth-order valence-electron chi connectivity index (χ4n) is 3.24. The number of carbonyl (C=O) groups is 4.